The number of ether oxygens (including phenoxy) is 1. The van der Waals surface area contributed by atoms with Crippen molar-refractivity contribution in [2.24, 2.45) is 5.92 Å². The summed E-state index contributed by atoms with van der Waals surface area (Å²) in [5.74, 6) is 2.04. The van der Waals surface area contributed by atoms with Gasteiger partial charge in [-0.25, -0.2) is 4.79 Å². The average Bonchev–Trinajstić information content (AvgIpc) is 3.41. The Balaban J connectivity index is 1.41. The summed E-state index contributed by atoms with van der Waals surface area (Å²) in [5.41, 5.74) is -0.752. The van der Waals surface area contributed by atoms with Crippen LogP contribution in [0.5, 0.6) is 0 Å². The number of urea groups is 1. The molecule has 0 spiro atoms. The first kappa shape index (κ1) is 20.4. The summed E-state index contributed by atoms with van der Waals surface area (Å²) in [6.45, 7) is 7.76. The van der Waals surface area contributed by atoms with Gasteiger partial charge < -0.3 is 14.5 Å². The Bertz CT molecular complexity index is 734. The molecule has 3 fully saturated rings. The number of hydrogen-bond donors (Lipinski definition) is 1. The SMILES string of the molecule is CCC[C@]1(C2CCN(Cc3ccc(C)o3)CC2)NC(=O)N(C[C@H]2CCCO2)C1=O. The lowest BCUT2D eigenvalue weighted by Gasteiger charge is -2.40. The summed E-state index contributed by atoms with van der Waals surface area (Å²) in [7, 11) is 0. The molecule has 3 aliphatic rings. The van der Waals surface area contributed by atoms with Crippen molar-refractivity contribution in [2.75, 3.05) is 26.2 Å². The number of likely N-dealkylation sites (tertiary alicyclic amines) is 1. The van der Waals surface area contributed by atoms with Gasteiger partial charge >= 0.3 is 6.03 Å². The maximum Gasteiger partial charge on any atom is 0.325 e. The van der Waals surface area contributed by atoms with E-state index in [9.17, 15) is 9.59 Å². The van der Waals surface area contributed by atoms with Crippen LogP contribution < -0.4 is 5.32 Å². The van der Waals surface area contributed by atoms with Gasteiger partial charge in [0, 0.05) is 6.61 Å². The number of imide groups is 1. The van der Waals surface area contributed by atoms with Crippen molar-refractivity contribution in [1.29, 1.82) is 0 Å². The van der Waals surface area contributed by atoms with Crippen molar-refractivity contribution in [3.8, 4) is 0 Å². The molecule has 29 heavy (non-hydrogen) atoms. The van der Waals surface area contributed by atoms with Crippen LogP contribution in [0.1, 0.15) is 57.0 Å². The first-order valence-corrected chi connectivity index (χ1v) is 11.0. The quantitative estimate of drug-likeness (QED) is 0.708. The van der Waals surface area contributed by atoms with Gasteiger partial charge in [0.05, 0.1) is 19.2 Å². The molecule has 1 aromatic rings. The van der Waals surface area contributed by atoms with Crippen molar-refractivity contribution < 1.29 is 18.7 Å². The molecule has 3 aliphatic heterocycles. The van der Waals surface area contributed by atoms with Crippen molar-refractivity contribution in [3.63, 3.8) is 0 Å². The Hall–Kier alpha value is -1.86. The van der Waals surface area contributed by atoms with E-state index in [-0.39, 0.29) is 24.0 Å². The van der Waals surface area contributed by atoms with Crippen molar-refractivity contribution >= 4 is 11.9 Å². The highest BCUT2D eigenvalue weighted by Crippen LogP contribution is 2.37. The Morgan fingerprint density at radius 2 is 2.00 bits per heavy atom. The van der Waals surface area contributed by atoms with E-state index in [1.165, 1.54) is 4.90 Å². The number of nitrogens with zero attached hydrogens (tertiary/aromatic N) is 2. The second kappa shape index (κ2) is 8.48. The molecule has 4 heterocycles. The zero-order valence-corrected chi connectivity index (χ0v) is 17.6. The molecule has 0 saturated carbocycles. The van der Waals surface area contributed by atoms with Crippen LogP contribution in [0.4, 0.5) is 4.79 Å². The maximum atomic E-state index is 13.4. The second-order valence-electron chi connectivity index (χ2n) is 8.77. The number of rotatable bonds is 7. The summed E-state index contributed by atoms with van der Waals surface area (Å²) in [4.78, 5) is 30.0. The smallest absolute Gasteiger partial charge is 0.325 e. The predicted molar refractivity (Wildman–Crippen MR) is 108 cm³/mol. The molecular weight excluding hydrogens is 370 g/mol. The van der Waals surface area contributed by atoms with E-state index in [0.29, 0.717) is 13.0 Å². The number of carbonyl (C=O) groups excluding carboxylic acids is 2. The topological polar surface area (TPSA) is 75.0 Å². The van der Waals surface area contributed by atoms with Crippen molar-refractivity contribution in [3.05, 3.63) is 23.7 Å². The first-order chi connectivity index (χ1) is 14.0. The number of furan rings is 1. The van der Waals surface area contributed by atoms with Crippen LogP contribution in [-0.2, 0) is 16.1 Å². The van der Waals surface area contributed by atoms with Gasteiger partial charge in [-0.15, -0.1) is 0 Å². The molecular formula is C22H33N3O4. The van der Waals surface area contributed by atoms with E-state index >= 15 is 0 Å². The Morgan fingerprint density at radius 1 is 1.21 bits per heavy atom. The number of hydrogen-bond acceptors (Lipinski definition) is 5. The minimum atomic E-state index is -0.752. The highest BCUT2D eigenvalue weighted by atomic mass is 16.5. The molecule has 3 saturated heterocycles. The van der Waals surface area contributed by atoms with Crippen LogP contribution in [-0.4, -0.2) is 59.6 Å². The van der Waals surface area contributed by atoms with Crippen LogP contribution in [0.3, 0.4) is 0 Å². The third-order valence-corrected chi connectivity index (χ3v) is 6.72. The molecule has 1 N–H and O–H groups in total. The molecule has 0 aromatic carbocycles. The number of piperidine rings is 1. The number of nitrogens with one attached hydrogen (secondary N) is 1. The van der Waals surface area contributed by atoms with Gasteiger partial charge in [-0.1, -0.05) is 13.3 Å². The molecule has 0 aliphatic carbocycles. The van der Waals surface area contributed by atoms with Gasteiger partial charge in [-0.05, 0) is 70.2 Å². The van der Waals surface area contributed by atoms with Gasteiger partial charge in [0.2, 0.25) is 0 Å². The van der Waals surface area contributed by atoms with E-state index in [1.807, 2.05) is 19.1 Å². The van der Waals surface area contributed by atoms with E-state index < -0.39 is 5.54 Å². The monoisotopic (exact) mass is 403 g/mol. The highest BCUT2D eigenvalue weighted by Gasteiger charge is 2.55. The maximum absolute atomic E-state index is 13.4. The fraction of sp³-hybridized carbons (Fsp3) is 0.727. The van der Waals surface area contributed by atoms with Crippen LogP contribution in [0.2, 0.25) is 0 Å². The molecule has 7 nitrogen and oxygen atoms in total. The lowest BCUT2D eigenvalue weighted by molar-refractivity contribution is -0.135. The van der Waals surface area contributed by atoms with Gasteiger partial charge in [-0.3, -0.25) is 14.6 Å². The van der Waals surface area contributed by atoms with E-state index in [0.717, 1.165) is 69.9 Å². The molecule has 1 aromatic heterocycles. The largest absolute Gasteiger partial charge is 0.465 e. The van der Waals surface area contributed by atoms with Crippen LogP contribution in [0, 0.1) is 12.8 Å². The molecule has 0 unspecified atom stereocenters. The summed E-state index contributed by atoms with van der Waals surface area (Å²) in [6.07, 6.45) is 5.28. The lowest BCUT2D eigenvalue weighted by Crippen LogP contribution is -2.56. The minimum Gasteiger partial charge on any atom is -0.465 e. The fourth-order valence-corrected chi connectivity index (χ4v) is 5.22. The third-order valence-electron chi connectivity index (χ3n) is 6.72. The highest BCUT2D eigenvalue weighted by molar-refractivity contribution is 6.07. The zero-order valence-electron chi connectivity index (χ0n) is 17.6. The molecule has 160 valence electrons. The molecule has 7 heteroatoms. The summed E-state index contributed by atoms with van der Waals surface area (Å²) in [5, 5.41) is 3.12. The van der Waals surface area contributed by atoms with E-state index in [4.69, 9.17) is 9.15 Å². The molecule has 3 amide bonds. The standard InChI is InChI=1S/C22H33N3O4/c1-3-10-22(20(26)25(21(27)23-22)15-18-5-4-13-28-18)17-8-11-24(12-9-17)14-19-7-6-16(2)29-19/h6-7,17-18H,3-5,8-15H2,1-2H3,(H,23,27)/t18-,22-/m1/s1. The Kier molecular flexibility index (Phi) is 5.97. The third kappa shape index (κ3) is 4.08. The number of aryl methyl sites for hydroxylation is 1. The van der Waals surface area contributed by atoms with E-state index in [1.54, 1.807) is 0 Å². The molecule has 0 bridgehead atoms. The lowest BCUT2D eigenvalue weighted by atomic mass is 9.74. The van der Waals surface area contributed by atoms with Crippen LogP contribution >= 0.6 is 0 Å². The van der Waals surface area contributed by atoms with Crippen LogP contribution in [0.25, 0.3) is 0 Å². The van der Waals surface area contributed by atoms with Gasteiger partial charge in [0.25, 0.3) is 5.91 Å². The van der Waals surface area contributed by atoms with Gasteiger partial charge in [-0.2, -0.15) is 0 Å². The molecule has 2 atom stereocenters. The zero-order chi connectivity index (χ0) is 20.4. The second-order valence-corrected chi connectivity index (χ2v) is 8.77. The summed E-state index contributed by atoms with van der Waals surface area (Å²) < 4.78 is 11.4. The number of carbonyl (C=O) groups is 2. The minimum absolute atomic E-state index is 0.0132. The Labute approximate surface area is 172 Å². The van der Waals surface area contributed by atoms with Crippen LogP contribution in [0.15, 0.2) is 16.5 Å². The fourth-order valence-electron chi connectivity index (χ4n) is 5.22. The normalized spacial score (nSPS) is 29.0. The predicted octanol–water partition coefficient (Wildman–Crippen LogP) is 3.07. The van der Waals surface area contributed by atoms with Crippen molar-refractivity contribution in [1.82, 2.24) is 15.1 Å². The summed E-state index contributed by atoms with van der Waals surface area (Å²) in [6, 6.07) is 3.78. The summed E-state index contributed by atoms with van der Waals surface area (Å²) >= 11 is 0. The molecule has 4 rings (SSSR count). The van der Waals surface area contributed by atoms with E-state index in [2.05, 4.69) is 17.1 Å². The van der Waals surface area contributed by atoms with Crippen molar-refractivity contribution in [2.45, 2.75) is 70.6 Å². The number of amides is 3. The van der Waals surface area contributed by atoms with Gasteiger partial charge in [0.1, 0.15) is 17.1 Å². The average molecular weight is 404 g/mol. The Morgan fingerprint density at radius 3 is 2.62 bits per heavy atom. The molecule has 0 radical (unpaired) electrons. The first-order valence-electron chi connectivity index (χ1n) is 11.0. The van der Waals surface area contributed by atoms with Gasteiger partial charge in [0.15, 0.2) is 0 Å².